The van der Waals surface area contributed by atoms with Crippen molar-refractivity contribution in [2.45, 2.75) is 58.7 Å². The second-order valence-electron chi connectivity index (χ2n) is 6.17. The monoisotopic (exact) mass is 293 g/mol. The number of aromatic nitrogens is 1. The maximum absolute atomic E-state index is 11.8. The van der Waals surface area contributed by atoms with Gasteiger partial charge in [-0.15, -0.1) is 0 Å². The molecule has 0 saturated carbocycles. The van der Waals surface area contributed by atoms with E-state index in [4.69, 9.17) is 4.74 Å². The summed E-state index contributed by atoms with van der Waals surface area (Å²) in [5.41, 5.74) is 0.656. The molecule has 5 heteroatoms. The molecule has 1 rings (SSSR count). The average molecular weight is 293 g/mol. The summed E-state index contributed by atoms with van der Waals surface area (Å²) in [7, 11) is 0. The molecule has 1 amide bonds. The van der Waals surface area contributed by atoms with Crippen LogP contribution in [0.5, 0.6) is 0 Å². The van der Waals surface area contributed by atoms with E-state index < -0.39 is 5.60 Å². The van der Waals surface area contributed by atoms with Crippen LogP contribution in [-0.2, 0) is 4.74 Å². The van der Waals surface area contributed by atoms with E-state index in [-0.39, 0.29) is 18.2 Å². The van der Waals surface area contributed by atoms with Gasteiger partial charge in [0.25, 0.3) is 0 Å². The van der Waals surface area contributed by atoms with Crippen molar-refractivity contribution in [2.75, 3.05) is 6.54 Å². The van der Waals surface area contributed by atoms with Gasteiger partial charge in [-0.3, -0.25) is 4.98 Å². The number of nitrogens with one attached hydrogen (secondary N) is 2. The lowest BCUT2D eigenvalue weighted by atomic mass is 10.1. The number of nitrogens with zero attached hydrogens (tertiary/aromatic N) is 1. The minimum absolute atomic E-state index is 0.0407. The predicted molar refractivity (Wildman–Crippen MR) is 84.1 cm³/mol. The van der Waals surface area contributed by atoms with Gasteiger partial charge in [-0.25, -0.2) is 4.79 Å². The lowest BCUT2D eigenvalue weighted by Crippen LogP contribution is -2.44. The van der Waals surface area contributed by atoms with Crippen LogP contribution < -0.4 is 10.6 Å². The van der Waals surface area contributed by atoms with Gasteiger partial charge in [0.15, 0.2) is 0 Å². The fourth-order valence-corrected chi connectivity index (χ4v) is 1.84. The summed E-state index contributed by atoms with van der Waals surface area (Å²) in [6, 6.07) is 4.18. The standard InChI is InChI=1S/C16H27N3O2/c1-6-14(19-15(20)21-16(3,4)5)11-18-12(2)13-8-7-9-17-10-13/h7-10,12,14,18H,6,11H2,1-5H3,(H,19,20). The predicted octanol–water partition coefficient (Wildman–Crippen LogP) is 3.04. The Morgan fingerprint density at radius 1 is 1.43 bits per heavy atom. The number of carbonyl (C=O) groups excluding carboxylic acids is 1. The molecule has 1 heterocycles. The Hall–Kier alpha value is -1.62. The van der Waals surface area contributed by atoms with E-state index in [1.807, 2.05) is 46.0 Å². The lowest BCUT2D eigenvalue weighted by Gasteiger charge is -2.24. The molecule has 2 atom stereocenters. The number of carbonyl (C=O) groups is 1. The van der Waals surface area contributed by atoms with Gasteiger partial charge in [-0.1, -0.05) is 13.0 Å². The van der Waals surface area contributed by atoms with Crippen molar-refractivity contribution in [1.29, 1.82) is 0 Å². The molecule has 118 valence electrons. The lowest BCUT2D eigenvalue weighted by molar-refractivity contribution is 0.0502. The normalized spacial score (nSPS) is 14.3. The molecule has 2 unspecified atom stereocenters. The van der Waals surface area contributed by atoms with Crippen molar-refractivity contribution in [3.8, 4) is 0 Å². The number of alkyl carbamates (subject to hydrolysis) is 1. The van der Waals surface area contributed by atoms with Crippen molar-refractivity contribution in [1.82, 2.24) is 15.6 Å². The Kier molecular flexibility index (Phi) is 6.62. The third-order valence-electron chi connectivity index (χ3n) is 3.07. The van der Waals surface area contributed by atoms with Gasteiger partial charge >= 0.3 is 6.09 Å². The van der Waals surface area contributed by atoms with E-state index in [9.17, 15) is 4.79 Å². The number of hydrogen-bond donors (Lipinski definition) is 2. The van der Waals surface area contributed by atoms with Crippen LogP contribution in [0.25, 0.3) is 0 Å². The minimum atomic E-state index is -0.473. The molecule has 1 aromatic rings. The fraction of sp³-hybridized carbons (Fsp3) is 0.625. The fourth-order valence-electron chi connectivity index (χ4n) is 1.84. The van der Waals surface area contributed by atoms with Gasteiger partial charge in [0.2, 0.25) is 0 Å². The minimum Gasteiger partial charge on any atom is -0.444 e. The molecule has 0 saturated heterocycles. The topological polar surface area (TPSA) is 63.2 Å². The average Bonchev–Trinajstić information content (AvgIpc) is 2.42. The van der Waals surface area contributed by atoms with Crippen molar-refractivity contribution >= 4 is 6.09 Å². The first kappa shape index (κ1) is 17.4. The summed E-state index contributed by atoms with van der Waals surface area (Å²) < 4.78 is 5.27. The van der Waals surface area contributed by atoms with E-state index in [1.54, 1.807) is 6.20 Å². The van der Waals surface area contributed by atoms with Crippen LogP contribution in [0, 0.1) is 0 Å². The Morgan fingerprint density at radius 3 is 2.67 bits per heavy atom. The largest absolute Gasteiger partial charge is 0.444 e. The second-order valence-corrected chi connectivity index (χ2v) is 6.17. The number of amides is 1. The molecule has 0 aliphatic rings. The maximum atomic E-state index is 11.8. The molecule has 0 bridgehead atoms. The summed E-state index contributed by atoms with van der Waals surface area (Å²) in [6.45, 7) is 10.4. The van der Waals surface area contributed by atoms with Crippen LogP contribution in [-0.4, -0.2) is 29.3 Å². The van der Waals surface area contributed by atoms with Crippen molar-refractivity contribution < 1.29 is 9.53 Å². The van der Waals surface area contributed by atoms with Crippen LogP contribution in [0.4, 0.5) is 4.79 Å². The van der Waals surface area contributed by atoms with E-state index >= 15 is 0 Å². The molecule has 0 aromatic carbocycles. The Balaban J connectivity index is 2.42. The quantitative estimate of drug-likeness (QED) is 0.846. The highest BCUT2D eigenvalue weighted by molar-refractivity contribution is 5.68. The molecule has 21 heavy (non-hydrogen) atoms. The van der Waals surface area contributed by atoms with Crippen LogP contribution in [0.15, 0.2) is 24.5 Å². The summed E-state index contributed by atoms with van der Waals surface area (Å²) in [4.78, 5) is 15.9. The van der Waals surface area contributed by atoms with Gasteiger partial charge in [0.05, 0.1) is 0 Å². The molecule has 1 aromatic heterocycles. The highest BCUT2D eigenvalue weighted by Gasteiger charge is 2.19. The van der Waals surface area contributed by atoms with Crippen molar-refractivity contribution in [2.24, 2.45) is 0 Å². The van der Waals surface area contributed by atoms with Gasteiger partial charge in [0, 0.05) is 31.0 Å². The van der Waals surface area contributed by atoms with E-state index in [0.29, 0.717) is 6.54 Å². The van der Waals surface area contributed by atoms with Gasteiger partial charge < -0.3 is 15.4 Å². The third kappa shape index (κ3) is 7.09. The molecule has 0 aliphatic heterocycles. The molecular weight excluding hydrogens is 266 g/mol. The van der Waals surface area contributed by atoms with Crippen LogP contribution >= 0.6 is 0 Å². The molecule has 2 N–H and O–H groups in total. The number of rotatable bonds is 6. The first-order chi connectivity index (χ1) is 9.81. The van der Waals surface area contributed by atoms with Gasteiger partial charge in [0.1, 0.15) is 5.60 Å². The van der Waals surface area contributed by atoms with E-state index in [0.717, 1.165) is 12.0 Å². The van der Waals surface area contributed by atoms with Crippen molar-refractivity contribution in [3.63, 3.8) is 0 Å². The maximum Gasteiger partial charge on any atom is 0.407 e. The summed E-state index contributed by atoms with van der Waals surface area (Å²) in [5.74, 6) is 0. The van der Waals surface area contributed by atoms with Gasteiger partial charge in [-0.05, 0) is 45.7 Å². The summed E-state index contributed by atoms with van der Waals surface area (Å²) in [5, 5.41) is 6.30. The van der Waals surface area contributed by atoms with Crippen molar-refractivity contribution in [3.05, 3.63) is 30.1 Å². The zero-order valence-electron chi connectivity index (χ0n) is 13.6. The Labute approximate surface area is 127 Å². The first-order valence-corrected chi connectivity index (χ1v) is 7.44. The van der Waals surface area contributed by atoms with Crippen LogP contribution in [0.2, 0.25) is 0 Å². The molecule has 0 aliphatic carbocycles. The SMILES string of the molecule is CCC(CNC(C)c1cccnc1)NC(=O)OC(C)(C)C. The summed E-state index contributed by atoms with van der Waals surface area (Å²) >= 11 is 0. The number of pyridine rings is 1. The number of hydrogen-bond acceptors (Lipinski definition) is 4. The molecule has 5 nitrogen and oxygen atoms in total. The summed E-state index contributed by atoms with van der Waals surface area (Å²) in [6.07, 6.45) is 4.08. The highest BCUT2D eigenvalue weighted by atomic mass is 16.6. The van der Waals surface area contributed by atoms with E-state index in [1.165, 1.54) is 0 Å². The highest BCUT2D eigenvalue weighted by Crippen LogP contribution is 2.10. The second kappa shape index (κ2) is 7.98. The van der Waals surface area contributed by atoms with E-state index in [2.05, 4.69) is 22.5 Å². The van der Waals surface area contributed by atoms with Crippen LogP contribution in [0.1, 0.15) is 52.6 Å². The Bertz CT molecular complexity index is 429. The first-order valence-electron chi connectivity index (χ1n) is 7.44. The number of ether oxygens (including phenoxy) is 1. The zero-order valence-corrected chi connectivity index (χ0v) is 13.6. The third-order valence-corrected chi connectivity index (χ3v) is 3.07. The molecule has 0 spiro atoms. The smallest absolute Gasteiger partial charge is 0.407 e. The Morgan fingerprint density at radius 2 is 2.14 bits per heavy atom. The molecule has 0 radical (unpaired) electrons. The van der Waals surface area contributed by atoms with Gasteiger partial charge in [-0.2, -0.15) is 0 Å². The van der Waals surface area contributed by atoms with Crippen LogP contribution in [0.3, 0.4) is 0 Å². The zero-order chi connectivity index (χ0) is 15.9. The molecule has 0 fully saturated rings. The molecular formula is C16H27N3O2.